The molecule has 19 heavy (non-hydrogen) atoms. The fourth-order valence-electron chi connectivity index (χ4n) is 1.47. The lowest BCUT2D eigenvalue weighted by atomic mass is 10.3. The van der Waals surface area contributed by atoms with Crippen LogP contribution in [-0.4, -0.2) is 18.3 Å². The highest BCUT2D eigenvalue weighted by molar-refractivity contribution is 5.42. The molecule has 0 aromatic heterocycles. The molecule has 0 unspecified atom stereocenters. The molecule has 4 heteroatoms. The molecular weight excluding hydrogens is 240 g/mol. The van der Waals surface area contributed by atoms with Crippen molar-refractivity contribution in [1.29, 1.82) is 0 Å². The van der Waals surface area contributed by atoms with Crippen LogP contribution in [0.2, 0.25) is 0 Å². The van der Waals surface area contributed by atoms with Crippen molar-refractivity contribution in [2.75, 3.05) is 13.2 Å². The number of azo groups is 1. The van der Waals surface area contributed by atoms with E-state index in [0.29, 0.717) is 13.0 Å². The van der Waals surface area contributed by atoms with E-state index in [4.69, 9.17) is 9.84 Å². The molecule has 0 fully saturated rings. The molecular formula is C15H16N2O2. The van der Waals surface area contributed by atoms with E-state index in [9.17, 15) is 0 Å². The van der Waals surface area contributed by atoms with E-state index in [0.717, 1.165) is 17.1 Å². The second kappa shape index (κ2) is 7.28. The third kappa shape index (κ3) is 4.52. The maximum Gasteiger partial charge on any atom is 0.119 e. The number of rotatable bonds is 6. The molecule has 98 valence electrons. The van der Waals surface area contributed by atoms with Gasteiger partial charge in [0.05, 0.1) is 18.0 Å². The number of aliphatic hydroxyl groups excluding tert-OH is 1. The first kappa shape index (κ1) is 13.2. The molecule has 2 aromatic carbocycles. The van der Waals surface area contributed by atoms with Crippen molar-refractivity contribution in [2.45, 2.75) is 6.42 Å². The van der Waals surface area contributed by atoms with Crippen molar-refractivity contribution in [1.82, 2.24) is 0 Å². The van der Waals surface area contributed by atoms with Gasteiger partial charge in [-0.25, -0.2) is 0 Å². The molecule has 2 aromatic rings. The Labute approximate surface area is 112 Å². The van der Waals surface area contributed by atoms with Gasteiger partial charge in [0.15, 0.2) is 0 Å². The van der Waals surface area contributed by atoms with Gasteiger partial charge in [-0.1, -0.05) is 18.2 Å². The summed E-state index contributed by atoms with van der Waals surface area (Å²) < 4.78 is 5.43. The van der Waals surface area contributed by atoms with Crippen LogP contribution in [0, 0.1) is 0 Å². The molecule has 1 N–H and O–H groups in total. The van der Waals surface area contributed by atoms with Crippen LogP contribution in [0.4, 0.5) is 11.4 Å². The smallest absolute Gasteiger partial charge is 0.119 e. The standard InChI is InChI=1S/C15H16N2O2/c18-11-4-12-19-15-9-7-14(8-10-15)17-16-13-5-2-1-3-6-13/h1-3,5-10,18H,4,11-12H2/b17-16+. The van der Waals surface area contributed by atoms with Gasteiger partial charge in [0.1, 0.15) is 5.75 Å². The van der Waals surface area contributed by atoms with Crippen molar-refractivity contribution in [3.05, 3.63) is 54.6 Å². The van der Waals surface area contributed by atoms with Gasteiger partial charge < -0.3 is 9.84 Å². The first-order valence-corrected chi connectivity index (χ1v) is 6.19. The van der Waals surface area contributed by atoms with Crippen molar-refractivity contribution in [2.24, 2.45) is 10.2 Å². The fraction of sp³-hybridized carbons (Fsp3) is 0.200. The number of nitrogens with zero attached hydrogens (tertiary/aromatic N) is 2. The Hall–Kier alpha value is -2.20. The zero-order valence-corrected chi connectivity index (χ0v) is 10.6. The molecule has 4 nitrogen and oxygen atoms in total. The highest BCUT2D eigenvalue weighted by Gasteiger charge is 1.94. The lowest BCUT2D eigenvalue weighted by Crippen LogP contribution is -1.99. The Morgan fingerprint density at radius 2 is 1.47 bits per heavy atom. The van der Waals surface area contributed by atoms with Crippen molar-refractivity contribution in [3.8, 4) is 5.75 Å². The van der Waals surface area contributed by atoms with Gasteiger partial charge in [-0.2, -0.15) is 10.2 Å². The summed E-state index contributed by atoms with van der Waals surface area (Å²) in [6, 6.07) is 17.0. The van der Waals surface area contributed by atoms with E-state index in [1.165, 1.54) is 0 Å². The summed E-state index contributed by atoms with van der Waals surface area (Å²) in [6.45, 7) is 0.657. The van der Waals surface area contributed by atoms with E-state index < -0.39 is 0 Å². The Kier molecular flexibility index (Phi) is 5.07. The van der Waals surface area contributed by atoms with Crippen LogP contribution >= 0.6 is 0 Å². The predicted octanol–water partition coefficient (Wildman–Crippen LogP) is 3.86. The molecule has 2 rings (SSSR count). The van der Waals surface area contributed by atoms with Crippen molar-refractivity contribution >= 4 is 11.4 Å². The average Bonchev–Trinajstić information content (AvgIpc) is 2.48. The van der Waals surface area contributed by atoms with Gasteiger partial charge in [-0.05, 0) is 36.4 Å². The molecule has 0 bridgehead atoms. The first-order valence-electron chi connectivity index (χ1n) is 6.19. The second-order valence-corrected chi connectivity index (χ2v) is 3.96. The molecule has 0 aliphatic heterocycles. The molecule has 0 radical (unpaired) electrons. The van der Waals surface area contributed by atoms with Gasteiger partial charge in [-0.15, -0.1) is 0 Å². The quantitative estimate of drug-likeness (QED) is 0.630. The van der Waals surface area contributed by atoms with E-state index in [2.05, 4.69) is 10.2 Å². The van der Waals surface area contributed by atoms with Gasteiger partial charge >= 0.3 is 0 Å². The van der Waals surface area contributed by atoms with Crippen molar-refractivity contribution < 1.29 is 9.84 Å². The minimum Gasteiger partial charge on any atom is -0.494 e. The largest absolute Gasteiger partial charge is 0.494 e. The monoisotopic (exact) mass is 256 g/mol. The summed E-state index contributed by atoms with van der Waals surface area (Å²) in [4.78, 5) is 0. The Bertz CT molecular complexity index is 509. The summed E-state index contributed by atoms with van der Waals surface area (Å²) in [5.41, 5.74) is 1.60. The van der Waals surface area contributed by atoms with E-state index >= 15 is 0 Å². The van der Waals surface area contributed by atoms with Crippen molar-refractivity contribution in [3.63, 3.8) is 0 Å². The fourth-order valence-corrected chi connectivity index (χ4v) is 1.47. The third-order valence-electron chi connectivity index (χ3n) is 2.45. The predicted molar refractivity (Wildman–Crippen MR) is 74.3 cm³/mol. The van der Waals surface area contributed by atoms with Crippen LogP contribution in [-0.2, 0) is 0 Å². The summed E-state index contributed by atoms with van der Waals surface area (Å²) >= 11 is 0. The van der Waals surface area contributed by atoms with E-state index in [-0.39, 0.29) is 6.61 Å². The highest BCUT2D eigenvalue weighted by atomic mass is 16.5. The number of hydrogen-bond acceptors (Lipinski definition) is 4. The highest BCUT2D eigenvalue weighted by Crippen LogP contribution is 2.21. The normalized spacial score (nSPS) is 10.8. The summed E-state index contributed by atoms with van der Waals surface area (Å²) in [7, 11) is 0. The van der Waals surface area contributed by atoms with E-state index in [1.807, 2.05) is 54.6 Å². The number of aliphatic hydroxyl groups is 1. The molecule has 0 saturated heterocycles. The zero-order chi connectivity index (χ0) is 13.3. The maximum atomic E-state index is 8.66. The zero-order valence-electron chi connectivity index (χ0n) is 10.6. The maximum absolute atomic E-state index is 8.66. The number of benzene rings is 2. The number of hydrogen-bond donors (Lipinski definition) is 1. The Morgan fingerprint density at radius 1 is 0.842 bits per heavy atom. The molecule has 0 heterocycles. The SMILES string of the molecule is OCCCOc1ccc(/N=N/c2ccccc2)cc1. The minimum absolute atomic E-state index is 0.142. The van der Waals surface area contributed by atoms with Crippen LogP contribution in [0.25, 0.3) is 0 Å². The molecule has 0 spiro atoms. The minimum atomic E-state index is 0.142. The van der Waals surface area contributed by atoms with E-state index in [1.54, 1.807) is 0 Å². The summed E-state index contributed by atoms with van der Waals surface area (Å²) in [5, 5.41) is 16.9. The van der Waals surface area contributed by atoms with Crippen LogP contribution in [0.1, 0.15) is 6.42 Å². The van der Waals surface area contributed by atoms with Gasteiger partial charge in [-0.3, -0.25) is 0 Å². The summed E-state index contributed by atoms with van der Waals surface area (Å²) in [6.07, 6.45) is 0.634. The van der Waals surface area contributed by atoms with Crippen LogP contribution in [0.3, 0.4) is 0 Å². The topological polar surface area (TPSA) is 54.2 Å². The average molecular weight is 256 g/mol. The lowest BCUT2D eigenvalue weighted by Gasteiger charge is -2.04. The second-order valence-electron chi connectivity index (χ2n) is 3.96. The van der Waals surface area contributed by atoms with Gasteiger partial charge in [0.25, 0.3) is 0 Å². The Morgan fingerprint density at radius 3 is 2.11 bits per heavy atom. The van der Waals surface area contributed by atoms with Gasteiger partial charge in [0, 0.05) is 13.0 Å². The third-order valence-corrected chi connectivity index (χ3v) is 2.45. The molecule has 0 amide bonds. The molecule has 0 atom stereocenters. The molecule has 0 saturated carbocycles. The van der Waals surface area contributed by atoms with Crippen LogP contribution in [0.15, 0.2) is 64.8 Å². The Balaban J connectivity index is 1.93. The molecule has 0 aliphatic carbocycles. The van der Waals surface area contributed by atoms with Crippen LogP contribution < -0.4 is 4.74 Å². The number of ether oxygens (including phenoxy) is 1. The summed E-state index contributed by atoms with van der Waals surface area (Å²) in [5.74, 6) is 0.770. The van der Waals surface area contributed by atoms with Crippen LogP contribution in [0.5, 0.6) is 5.75 Å². The first-order chi connectivity index (χ1) is 9.38. The molecule has 0 aliphatic rings. The lowest BCUT2D eigenvalue weighted by molar-refractivity contribution is 0.233. The van der Waals surface area contributed by atoms with Gasteiger partial charge in [0.2, 0.25) is 0 Å².